The number of benzene rings is 3. The summed E-state index contributed by atoms with van der Waals surface area (Å²) >= 11 is 9.42. The molecule has 49 heavy (non-hydrogen) atoms. The van der Waals surface area contributed by atoms with Crippen LogP contribution in [0, 0.1) is 37.4 Å². The third-order valence-electron chi connectivity index (χ3n) is 10.6. The lowest BCUT2D eigenvalue weighted by atomic mass is 9.68. The van der Waals surface area contributed by atoms with Crippen LogP contribution in [-0.2, 0) is 19.6 Å². The van der Waals surface area contributed by atoms with Crippen LogP contribution in [0.3, 0.4) is 0 Å². The fourth-order valence-electron chi connectivity index (χ4n) is 6.94. The first-order chi connectivity index (χ1) is 23.4. The largest absolute Gasteiger partial charge is 0.491 e. The normalized spacial score (nSPS) is 24.2. The minimum atomic E-state index is -0.637. The molecule has 3 atom stereocenters. The van der Waals surface area contributed by atoms with Crippen LogP contribution in [0.1, 0.15) is 40.8 Å². The fraction of sp³-hybridized carbons (Fsp3) is 0.500. The van der Waals surface area contributed by atoms with E-state index in [-0.39, 0.29) is 36.8 Å². The zero-order valence-corrected chi connectivity index (χ0v) is 35.8. The van der Waals surface area contributed by atoms with Gasteiger partial charge in [-0.05, 0) is 157 Å². The first-order valence-electron chi connectivity index (χ1n) is 16.0. The Hall–Kier alpha value is -0.260. The number of aryl methyl sites for hydroxylation is 1. The second-order valence-corrected chi connectivity index (χ2v) is 18.9. The average Bonchev–Trinajstić information content (AvgIpc) is 3.02. The van der Waals surface area contributed by atoms with Gasteiger partial charge in [-0.1, -0.05) is 6.07 Å². The molecule has 4 aliphatic rings. The van der Waals surface area contributed by atoms with Crippen molar-refractivity contribution in [2.75, 3.05) is 72.7 Å². The summed E-state index contributed by atoms with van der Waals surface area (Å²) in [7, 11) is 0. The Labute approximate surface area is 340 Å². The van der Waals surface area contributed by atoms with Crippen LogP contribution >= 0.6 is 90.4 Å². The summed E-state index contributed by atoms with van der Waals surface area (Å²) in [5.74, 6) is 2.42. The zero-order valence-electron chi connectivity index (χ0n) is 27.1. The molecule has 3 saturated heterocycles. The number of aliphatic hydroxyl groups is 3. The van der Waals surface area contributed by atoms with Crippen molar-refractivity contribution in [3.63, 3.8) is 0 Å². The Bertz CT molecular complexity index is 1620. The quantitative estimate of drug-likeness (QED) is 0.149. The molecule has 264 valence electrons. The van der Waals surface area contributed by atoms with Gasteiger partial charge < -0.3 is 43.7 Å². The van der Waals surface area contributed by atoms with Gasteiger partial charge in [0.1, 0.15) is 37.1 Å². The predicted molar refractivity (Wildman–Crippen MR) is 216 cm³/mol. The lowest BCUT2D eigenvalue weighted by Gasteiger charge is -2.51. The number of halogens is 4. The first-order valence-corrected chi connectivity index (χ1v) is 20.4. The predicted octanol–water partition coefficient (Wildman–Crippen LogP) is 5.99. The molecular formula is C36H38I4O9. The number of fused-ring (bicyclic) bond motifs is 3. The maximum atomic E-state index is 10.4. The summed E-state index contributed by atoms with van der Waals surface area (Å²) in [6, 6.07) is 13.2. The molecule has 13 heteroatoms. The number of ether oxygens (including phenoxy) is 6. The van der Waals surface area contributed by atoms with E-state index >= 15 is 0 Å². The van der Waals surface area contributed by atoms with Crippen LogP contribution in [0.2, 0.25) is 0 Å². The van der Waals surface area contributed by atoms with Crippen molar-refractivity contribution in [3.8, 4) is 17.2 Å². The van der Waals surface area contributed by atoms with Gasteiger partial charge in [0.05, 0.1) is 89.5 Å². The van der Waals surface area contributed by atoms with Crippen molar-refractivity contribution in [1.29, 1.82) is 0 Å². The van der Waals surface area contributed by atoms with Crippen molar-refractivity contribution < 1.29 is 43.7 Å². The number of aliphatic hydroxyl groups excluding tert-OH is 3. The summed E-state index contributed by atoms with van der Waals surface area (Å²) in [5.41, 5.74) is 3.41. The average molecular weight is 1120 g/mol. The van der Waals surface area contributed by atoms with E-state index < -0.39 is 10.8 Å². The molecule has 3 N–H and O–H groups in total. The van der Waals surface area contributed by atoms with Gasteiger partial charge in [-0.25, -0.2) is 0 Å². The highest BCUT2D eigenvalue weighted by atomic mass is 127. The van der Waals surface area contributed by atoms with Gasteiger partial charge in [-0.15, -0.1) is 0 Å². The highest BCUT2D eigenvalue weighted by Crippen LogP contribution is 2.55. The standard InChI is InChI=1S/C36H38I4O9/c1-20-3-21(5-25(37)29(20)46-16-34(9-41)12-44-13-34)33(2,22-4-24-30(26(38)6-22)48-18-36(11-43)19-49-32(24)36)23-7-27(39)31(28(40)8-23)47-17-35(10-42)14-45-15-35/h3-8,32,41-43H,9-19H2,1-2H3. The van der Waals surface area contributed by atoms with Crippen LogP contribution < -0.4 is 14.2 Å². The molecule has 4 heterocycles. The summed E-state index contributed by atoms with van der Waals surface area (Å²) in [4.78, 5) is 0. The van der Waals surface area contributed by atoms with Gasteiger partial charge in [0.25, 0.3) is 0 Å². The molecular weight excluding hydrogens is 1080 g/mol. The minimum Gasteiger partial charge on any atom is -0.491 e. The Morgan fingerprint density at radius 3 is 1.67 bits per heavy atom. The topological polar surface area (TPSA) is 116 Å². The molecule has 4 aliphatic heterocycles. The SMILES string of the molecule is Cc1cc(C(C)(c2cc(I)c(OCC3(CO)COC3)c(I)c2)c2cc(I)c3c(c2)C2OCC2(CO)CO3)cc(I)c1OCC1(CO)COC1. The van der Waals surface area contributed by atoms with Crippen LogP contribution in [0.15, 0.2) is 36.4 Å². The Kier molecular flexibility index (Phi) is 10.7. The van der Waals surface area contributed by atoms with Gasteiger partial charge in [0.2, 0.25) is 0 Å². The highest BCUT2D eigenvalue weighted by Gasteiger charge is 2.54. The molecule has 3 unspecified atom stereocenters. The van der Waals surface area contributed by atoms with E-state index in [0.717, 1.165) is 59.3 Å². The number of hydrogen-bond donors (Lipinski definition) is 3. The Morgan fingerprint density at radius 1 is 0.694 bits per heavy atom. The molecule has 0 amide bonds. The molecule has 7 rings (SSSR count). The molecule has 0 saturated carbocycles. The molecule has 3 aromatic rings. The van der Waals surface area contributed by atoms with E-state index in [1.807, 2.05) is 0 Å². The highest BCUT2D eigenvalue weighted by molar-refractivity contribution is 14.1. The first kappa shape index (κ1) is 37.1. The molecule has 3 aromatic carbocycles. The molecule has 9 nitrogen and oxygen atoms in total. The van der Waals surface area contributed by atoms with Crippen molar-refractivity contribution >= 4 is 90.4 Å². The van der Waals surface area contributed by atoms with E-state index in [0.29, 0.717) is 52.9 Å². The van der Waals surface area contributed by atoms with Crippen molar-refractivity contribution in [1.82, 2.24) is 0 Å². The minimum absolute atomic E-state index is 0.000725. The maximum absolute atomic E-state index is 10.4. The Morgan fingerprint density at radius 2 is 1.20 bits per heavy atom. The third kappa shape index (κ3) is 6.42. The summed E-state index contributed by atoms with van der Waals surface area (Å²) in [6.45, 7) is 7.98. The van der Waals surface area contributed by atoms with Crippen molar-refractivity contribution in [2.45, 2.75) is 25.4 Å². The van der Waals surface area contributed by atoms with Crippen LogP contribution in [0.25, 0.3) is 0 Å². The number of hydrogen-bond acceptors (Lipinski definition) is 9. The second-order valence-electron chi connectivity index (χ2n) is 14.3. The lowest BCUT2D eigenvalue weighted by molar-refractivity contribution is -0.231. The second kappa shape index (κ2) is 14.2. The molecule has 0 bridgehead atoms. The van der Waals surface area contributed by atoms with Crippen LogP contribution in [0.4, 0.5) is 0 Å². The van der Waals surface area contributed by atoms with E-state index in [1.54, 1.807) is 0 Å². The Balaban J connectivity index is 1.33. The summed E-state index contributed by atoms with van der Waals surface area (Å²) in [6.07, 6.45) is -0.240. The molecule has 0 aliphatic carbocycles. The third-order valence-corrected chi connectivity index (χ3v) is 13.8. The van der Waals surface area contributed by atoms with Gasteiger partial charge in [0, 0.05) is 11.0 Å². The monoisotopic (exact) mass is 1120 g/mol. The zero-order chi connectivity index (χ0) is 34.8. The molecule has 0 radical (unpaired) electrons. The van der Waals surface area contributed by atoms with Gasteiger partial charge >= 0.3 is 0 Å². The number of rotatable bonds is 12. The molecule has 3 fully saturated rings. The fourth-order valence-corrected chi connectivity index (χ4v) is 10.7. The van der Waals surface area contributed by atoms with E-state index in [9.17, 15) is 15.3 Å². The van der Waals surface area contributed by atoms with Crippen molar-refractivity contribution in [3.05, 3.63) is 78.5 Å². The van der Waals surface area contributed by atoms with Gasteiger partial charge in [-0.3, -0.25) is 0 Å². The van der Waals surface area contributed by atoms with Crippen LogP contribution in [-0.4, -0.2) is 88.0 Å². The van der Waals surface area contributed by atoms with E-state index in [1.165, 1.54) is 0 Å². The smallest absolute Gasteiger partial charge is 0.145 e. The summed E-state index contributed by atoms with van der Waals surface area (Å²) < 4.78 is 39.8. The molecule has 0 spiro atoms. The maximum Gasteiger partial charge on any atom is 0.145 e. The van der Waals surface area contributed by atoms with Gasteiger partial charge in [-0.2, -0.15) is 0 Å². The van der Waals surface area contributed by atoms with E-state index in [4.69, 9.17) is 28.4 Å². The van der Waals surface area contributed by atoms with Crippen LogP contribution in [0.5, 0.6) is 17.2 Å². The van der Waals surface area contributed by atoms with E-state index in [2.05, 4.69) is 141 Å². The lowest BCUT2D eigenvalue weighted by Crippen LogP contribution is -2.54. The molecule has 0 aromatic heterocycles. The summed E-state index contributed by atoms with van der Waals surface area (Å²) in [5, 5.41) is 30.3. The van der Waals surface area contributed by atoms with Crippen molar-refractivity contribution in [2.24, 2.45) is 16.2 Å². The van der Waals surface area contributed by atoms with Gasteiger partial charge in [0.15, 0.2) is 0 Å².